The number of halogens is 2. The van der Waals surface area contributed by atoms with Crippen molar-refractivity contribution in [3.63, 3.8) is 0 Å². The molecule has 0 saturated carbocycles. The van der Waals surface area contributed by atoms with Crippen LogP contribution in [-0.4, -0.2) is 20.2 Å². The molecule has 162 valence electrons. The molecule has 0 aliphatic rings. The molecule has 9 heteroatoms. The molecule has 0 radical (unpaired) electrons. The van der Waals surface area contributed by atoms with Gasteiger partial charge in [0.15, 0.2) is 23.9 Å². The highest BCUT2D eigenvalue weighted by molar-refractivity contribution is 6.35. The first-order chi connectivity index (χ1) is 14.8. The Hall–Kier alpha value is -3.16. The van der Waals surface area contributed by atoms with E-state index >= 15 is 0 Å². The first kappa shape index (κ1) is 22.5. The van der Waals surface area contributed by atoms with Gasteiger partial charge in [-0.15, -0.1) is 0 Å². The summed E-state index contributed by atoms with van der Waals surface area (Å²) in [7, 11) is 3.03. The average molecular weight is 463 g/mol. The normalized spacial score (nSPS) is 11.6. The van der Waals surface area contributed by atoms with Gasteiger partial charge in [-0.2, -0.15) is 4.73 Å². The Morgan fingerprint density at radius 3 is 2.35 bits per heavy atom. The number of aromatic nitrogens is 1. The predicted molar refractivity (Wildman–Crippen MR) is 118 cm³/mol. The summed E-state index contributed by atoms with van der Waals surface area (Å²) in [6.45, 7) is 0. The Balaban J connectivity index is 2.00. The maximum atomic E-state index is 12.8. The minimum absolute atomic E-state index is 0.127. The van der Waals surface area contributed by atoms with Gasteiger partial charge in [0.2, 0.25) is 0 Å². The van der Waals surface area contributed by atoms with Crippen LogP contribution >= 0.6 is 23.2 Å². The van der Waals surface area contributed by atoms with E-state index in [2.05, 4.69) is 0 Å². The summed E-state index contributed by atoms with van der Waals surface area (Å²) in [5, 5.41) is 11.9. The molecular weight excluding hydrogens is 443 g/mol. The van der Waals surface area contributed by atoms with Crippen LogP contribution in [0.1, 0.15) is 27.6 Å². The highest BCUT2D eigenvalue weighted by Crippen LogP contribution is 2.35. The second kappa shape index (κ2) is 9.76. The third-order valence-electron chi connectivity index (χ3n) is 4.60. The van der Waals surface area contributed by atoms with Gasteiger partial charge in [-0.05, 0) is 35.9 Å². The molecule has 31 heavy (non-hydrogen) atoms. The van der Waals surface area contributed by atoms with E-state index in [-0.39, 0.29) is 16.5 Å². The van der Waals surface area contributed by atoms with Crippen molar-refractivity contribution in [1.29, 1.82) is 0 Å². The quantitative estimate of drug-likeness (QED) is 0.242. The average Bonchev–Trinajstić information content (AvgIpc) is 2.74. The van der Waals surface area contributed by atoms with E-state index < -0.39 is 12.1 Å². The molecule has 0 aliphatic heterocycles. The van der Waals surface area contributed by atoms with E-state index in [4.69, 9.17) is 43.1 Å². The number of nitrogens with two attached hydrogens (primary N) is 1. The third-order valence-corrected chi connectivity index (χ3v) is 5.25. The highest BCUT2D eigenvalue weighted by Gasteiger charge is 2.24. The lowest BCUT2D eigenvalue weighted by Gasteiger charge is -2.21. The number of methoxy groups -OCH3 is 2. The number of rotatable bonds is 7. The van der Waals surface area contributed by atoms with Crippen molar-refractivity contribution >= 4 is 34.9 Å². The zero-order valence-electron chi connectivity index (χ0n) is 16.8. The van der Waals surface area contributed by atoms with Crippen LogP contribution in [0.25, 0.3) is 0 Å². The number of carbonyl (C=O) groups is 1. The summed E-state index contributed by atoms with van der Waals surface area (Å²) in [4.78, 5) is 12.8. The van der Waals surface area contributed by atoms with Crippen LogP contribution in [0.15, 0.2) is 54.9 Å². The summed E-state index contributed by atoms with van der Waals surface area (Å²) in [6, 6.07) is 11.6. The van der Waals surface area contributed by atoms with E-state index in [9.17, 15) is 10.0 Å². The Bertz CT molecular complexity index is 1080. The zero-order chi connectivity index (χ0) is 22.5. The first-order valence-electron chi connectivity index (χ1n) is 9.17. The van der Waals surface area contributed by atoms with Crippen molar-refractivity contribution in [2.24, 2.45) is 0 Å². The van der Waals surface area contributed by atoms with Crippen molar-refractivity contribution in [2.45, 2.75) is 12.5 Å². The number of carbonyl (C=O) groups excluding carboxylic acids is 1. The fourth-order valence-electron chi connectivity index (χ4n) is 3.05. The Morgan fingerprint density at radius 2 is 1.74 bits per heavy atom. The second-order valence-electron chi connectivity index (χ2n) is 6.63. The molecule has 0 saturated heterocycles. The van der Waals surface area contributed by atoms with Gasteiger partial charge in [0.25, 0.3) is 0 Å². The monoisotopic (exact) mass is 462 g/mol. The molecular formula is C22H20Cl2N2O5. The van der Waals surface area contributed by atoms with Gasteiger partial charge in [0.05, 0.1) is 19.8 Å². The van der Waals surface area contributed by atoms with Crippen LogP contribution in [0, 0.1) is 5.21 Å². The minimum Gasteiger partial charge on any atom is -0.619 e. The molecule has 2 N–H and O–H groups in total. The minimum atomic E-state index is -0.786. The van der Waals surface area contributed by atoms with Crippen molar-refractivity contribution in [1.82, 2.24) is 0 Å². The van der Waals surface area contributed by atoms with E-state index in [0.717, 1.165) is 0 Å². The molecule has 0 spiro atoms. The molecule has 7 nitrogen and oxygen atoms in total. The highest BCUT2D eigenvalue weighted by atomic mass is 35.5. The van der Waals surface area contributed by atoms with Crippen LogP contribution < -0.4 is 19.9 Å². The molecule has 2 aromatic carbocycles. The SMILES string of the molecule is COc1ccc([C@H](Cc2c(Cl)c[n+]([O-])cc2Cl)OC(=O)c2cccc(N)c2)cc1OC. The molecule has 0 aliphatic carbocycles. The zero-order valence-corrected chi connectivity index (χ0v) is 18.3. The van der Waals surface area contributed by atoms with Crippen LogP contribution in [0.3, 0.4) is 0 Å². The van der Waals surface area contributed by atoms with E-state index in [1.54, 1.807) is 36.4 Å². The Kier molecular flexibility index (Phi) is 7.09. The summed E-state index contributed by atoms with van der Waals surface area (Å²) < 4.78 is 17.0. The lowest BCUT2D eigenvalue weighted by atomic mass is 10.0. The number of hydrogen-bond acceptors (Lipinski definition) is 6. The number of nitrogen functional groups attached to an aromatic ring is 1. The van der Waals surface area contributed by atoms with Gasteiger partial charge in [0.1, 0.15) is 16.1 Å². The Labute approximate surface area is 189 Å². The fraction of sp³-hybridized carbons (Fsp3) is 0.182. The second-order valence-corrected chi connectivity index (χ2v) is 7.44. The number of ether oxygens (including phenoxy) is 3. The first-order valence-corrected chi connectivity index (χ1v) is 9.93. The molecule has 0 fully saturated rings. The third kappa shape index (κ3) is 5.31. The molecule has 3 aromatic rings. The smallest absolute Gasteiger partial charge is 0.338 e. The van der Waals surface area contributed by atoms with Crippen molar-refractivity contribution in [3.8, 4) is 11.5 Å². The number of hydrogen-bond donors (Lipinski definition) is 1. The fourth-order valence-corrected chi connectivity index (χ4v) is 3.65. The van der Waals surface area contributed by atoms with Crippen molar-refractivity contribution < 1.29 is 23.7 Å². The van der Waals surface area contributed by atoms with Crippen LogP contribution in [0.5, 0.6) is 11.5 Å². The molecule has 1 heterocycles. The van der Waals surface area contributed by atoms with Crippen molar-refractivity contribution in [3.05, 3.63) is 86.8 Å². The topological polar surface area (TPSA) is 97.7 Å². The van der Waals surface area contributed by atoms with E-state index in [1.165, 1.54) is 32.7 Å². The summed E-state index contributed by atoms with van der Waals surface area (Å²) >= 11 is 12.5. The standard InChI is InChI=1S/C22H20Cl2N2O5/c1-29-19-7-6-13(9-21(19)30-2)20(10-16-17(23)11-26(28)12-18(16)24)31-22(27)14-4-3-5-15(25)8-14/h3-9,11-12,20H,10,25H2,1-2H3/t20-/m0/s1. The lowest BCUT2D eigenvalue weighted by Crippen LogP contribution is -2.25. The molecule has 3 rings (SSSR count). The predicted octanol–water partition coefficient (Wildman–Crippen LogP) is 4.37. The Morgan fingerprint density at radius 1 is 1.06 bits per heavy atom. The molecule has 1 atom stereocenters. The van der Waals surface area contributed by atoms with Gasteiger partial charge in [-0.25, -0.2) is 4.79 Å². The molecule has 1 aromatic heterocycles. The van der Waals surface area contributed by atoms with Crippen LogP contribution in [-0.2, 0) is 11.2 Å². The van der Waals surface area contributed by atoms with Crippen LogP contribution in [0.4, 0.5) is 5.69 Å². The number of nitrogens with zero attached hydrogens (tertiary/aromatic N) is 1. The summed E-state index contributed by atoms with van der Waals surface area (Å²) in [5.74, 6) is 0.414. The number of pyridine rings is 1. The maximum absolute atomic E-state index is 12.8. The van der Waals surface area contributed by atoms with Gasteiger partial charge in [-0.3, -0.25) is 0 Å². The van der Waals surface area contributed by atoms with Gasteiger partial charge >= 0.3 is 5.97 Å². The van der Waals surface area contributed by atoms with E-state index in [1.807, 2.05) is 0 Å². The lowest BCUT2D eigenvalue weighted by molar-refractivity contribution is -0.605. The van der Waals surface area contributed by atoms with Gasteiger partial charge in [0, 0.05) is 17.7 Å². The largest absolute Gasteiger partial charge is 0.619 e. The maximum Gasteiger partial charge on any atom is 0.338 e. The molecule has 0 unspecified atom stereocenters. The number of benzene rings is 2. The summed E-state index contributed by atoms with van der Waals surface area (Å²) in [6.07, 6.45) is 1.72. The molecule has 0 amide bonds. The number of anilines is 1. The summed E-state index contributed by atoms with van der Waals surface area (Å²) in [5.41, 5.74) is 7.61. The van der Waals surface area contributed by atoms with Crippen molar-refractivity contribution in [2.75, 3.05) is 20.0 Å². The van der Waals surface area contributed by atoms with Gasteiger partial charge < -0.3 is 25.2 Å². The van der Waals surface area contributed by atoms with E-state index in [0.29, 0.717) is 38.6 Å². The van der Waals surface area contributed by atoms with Crippen LogP contribution in [0.2, 0.25) is 10.0 Å². The van der Waals surface area contributed by atoms with Gasteiger partial charge in [-0.1, -0.05) is 35.3 Å². The number of esters is 1. The molecule has 0 bridgehead atoms.